The van der Waals surface area contributed by atoms with E-state index in [1.54, 1.807) is 25.4 Å². The van der Waals surface area contributed by atoms with Gasteiger partial charge >= 0.3 is 0 Å². The van der Waals surface area contributed by atoms with Gasteiger partial charge in [0.1, 0.15) is 11.6 Å². The minimum Gasteiger partial charge on any atom is -0.497 e. The zero-order valence-electron chi connectivity index (χ0n) is 11.3. The monoisotopic (exact) mass is 284 g/mol. The lowest BCUT2D eigenvalue weighted by Crippen LogP contribution is -2.04. The second-order valence-corrected chi connectivity index (χ2v) is 4.68. The summed E-state index contributed by atoms with van der Waals surface area (Å²) < 4.78 is 19.1. The molecule has 0 unspecified atom stereocenters. The lowest BCUT2D eigenvalue weighted by atomic mass is 10.0. The van der Waals surface area contributed by atoms with E-state index in [4.69, 9.17) is 10.5 Å². The zero-order chi connectivity index (χ0) is 15.0. The van der Waals surface area contributed by atoms with Crippen LogP contribution in [0.5, 0.6) is 5.75 Å². The van der Waals surface area contributed by atoms with Crippen LogP contribution in [0.15, 0.2) is 42.6 Å². The van der Waals surface area contributed by atoms with Gasteiger partial charge in [-0.1, -0.05) is 0 Å². The van der Waals surface area contributed by atoms with Crippen molar-refractivity contribution in [2.75, 3.05) is 12.8 Å². The molecular weight excluding hydrogens is 271 g/mol. The number of ketones is 1. The van der Waals surface area contributed by atoms with Gasteiger partial charge in [-0.15, -0.1) is 0 Å². The molecule has 5 heteroatoms. The summed E-state index contributed by atoms with van der Waals surface area (Å²) in [4.78, 5) is 15.5. The number of anilines is 1. The van der Waals surface area contributed by atoms with Gasteiger partial charge in [0.25, 0.3) is 0 Å². The maximum atomic E-state index is 13.9. The molecule has 0 amide bonds. The van der Waals surface area contributed by atoms with Gasteiger partial charge in [-0.2, -0.15) is 0 Å². The number of aromatic amines is 1. The van der Waals surface area contributed by atoms with Crippen molar-refractivity contribution in [2.45, 2.75) is 0 Å². The quantitative estimate of drug-likeness (QED) is 0.573. The molecule has 0 aliphatic heterocycles. The van der Waals surface area contributed by atoms with Crippen LogP contribution >= 0.6 is 0 Å². The number of nitrogen functional groups attached to an aromatic ring is 1. The normalized spacial score (nSPS) is 10.8. The Hall–Kier alpha value is -2.82. The number of carbonyl (C=O) groups excluding carboxylic acids is 1. The summed E-state index contributed by atoms with van der Waals surface area (Å²) in [5.74, 6) is -0.391. The molecule has 0 aliphatic carbocycles. The number of rotatable bonds is 3. The maximum Gasteiger partial charge on any atom is 0.198 e. The van der Waals surface area contributed by atoms with Crippen molar-refractivity contribution in [1.29, 1.82) is 0 Å². The zero-order valence-corrected chi connectivity index (χ0v) is 11.3. The minimum absolute atomic E-state index is 0.00656. The number of nitrogens with two attached hydrogens (primary N) is 1. The Morgan fingerprint density at radius 2 is 2.00 bits per heavy atom. The van der Waals surface area contributed by atoms with Crippen LogP contribution in [0.1, 0.15) is 15.9 Å². The van der Waals surface area contributed by atoms with Gasteiger partial charge in [-0.05, 0) is 36.4 Å². The molecule has 1 aromatic heterocycles. The summed E-state index contributed by atoms with van der Waals surface area (Å²) >= 11 is 0. The molecule has 0 atom stereocenters. The lowest BCUT2D eigenvalue weighted by molar-refractivity contribution is 0.103. The first kappa shape index (κ1) is 13.2. The van der Waals surface area contributed by atoms with Crippen LogP contribution in [0.4, 0.5) is 10.1 Å². The average molecular weight is 284 g/mol. The first-order valence-electron chi connectivity index (χ1n) is 6.35. The molecule has 0 radical (unpaired) electrons. The van der Waals surface area contributed by atoms with Crippen molar-refractivity contribution in [2.24, 2.45) is 0 Å². The summed E-state index contributed by atoms with van der Waals surface area (Å²) in [6, 6.07) is 9.38. The highest BCUT2D eigenvalue weighted by Crippen LogP contribution is 2.26. The Balaban J connectivity index is 2.13. The van der Waals surface area contributed by atoms with Gasteiger partial charge in [-0.25, -0.2) is 4.39 Å². The molecule has 2 aromatic carbocycles. The molecular formula is C16H13FN2O2. The van der Waals surface area contributed by atoms with Crippen LogP contribution in [-0.2, 0) is 0 Å². The van der Waals surface area contributed by atoms with Gasteiger partial charge in [0.2, 0.25) is 0 Å². The standard InChI is InChI=1S/C16H13FN2O2/c1-21-10-3-5-15-12(7-10)13(8-19-15)16(20)11-4-2-9(18)6-14(11)17/h2-8,19H,18H2,1H3. The largest absolute Gasteiger partial charge is 0.497 e. The van der Waals surface area contributed by atoms with E-state index in [1.807, 2.05) is 6.07 Å². The number of methoxy groups -OCH3 is 1. The molecule has 106 valence electrons. The van der Waals surface area contributed by atoms with E-state index in [0.717, 1.165) is 11.6 Å². The number of nitrogens with one attached hydrogen (secondary N) is 1. The Bertz CT molecular complexity index is 839. The van der Waals surface area contributed by atoms with Crippen molar-refractivity contribution >= 4 is 22.4 Å². The fourth-order valence-corrected chi connectivity index (χ4v) is 2.28. The summed E-state index contributed by atoms with van der Waals surface area (Å²) in [6.07, 6.45) is 1.57. The fourth-order valence-electron chi connectivity index (χ4n) is 2.28. The molecule has 0 fully saturated rings. The van der Waals surface area contributed by atoms with Crippen LogP contribution in [0, 0.1) is 5.82 Å². The van der Waals surface area contributed by atoms with E-state index in [-0.39, 0.29) is 11.3 Å². The van der Waals surface area contributed by atoms with E-state index in [2.05, 4.69) is 4.98 Å². The van der Waals surface area contributed by atoms with E-state index >= 15 is 0 Å². The predicted octanol–water partition coefficient (Wildman–Crippen LogP) is 3.13. The summed E-state index contributed by atoms with van der Waals surface area (Å²) in [5.41, 5.74) is 6.96. The first-order valence-corrected chi connectivity index (χ1v) is 6.35. The minimum atomic E-state index is -0.628. The molecule has 0 saturated carbocycles. The summed E-state index contributed by atoms with van der Waals surface area (Å²) in [5, 5.41) is 0.690. The van der Waals surface area contributed by atoms with E-state index in [0.29, 0.717) is 16.7 Å². The smallest absolute Gasteiger partial charge is 0.198 e. The lowest BCUT2D eigenvalue weighted by Gasteiger charge is -2.04. The first-order chi connectivity index (χ1) is 10.1. The van der Waals surface area contributed by atoms with Crippen molar-refractivity contribution in [3.8, 4) is 5.75 Å². The molecule has 0 saturated heterocycles. The Kier molecular flexibility index (Phi) is 3.10. The molecule has 1 heterocycles. The topological polar surface area (TPSA) is 68.1 Å². The molecule has 3 rings (SSSR count). The Morgan fingerprint density at radius 3 is 2.71 bits per heavy atom. The SMILES string of the molecule is COc1ccc2[nH]cc(C(=O)c3ccc(N)cc3F)c2c1. The number of hydrogen-bond donors (Lipinski definition) is 2. The highest BCUT2D eigenvalue weighted by atomic mass is 19.1. The molecule has 3 aromatic rings. The number of H-pyrrole nitrogens is 1. The van der Waals surface area contributed by atoms with E-state index in [1.165, 1.54) is 12.1 Å². The molecule has 21 heavy (non-hydrogen) atoms. The van der Waals surface area contributed by atoms with Crippen LogP contribution < -0.4 is 10.5 Å². The highest BCUT2D eigenvalue weighted by Gasteiger charge is 2.18. The molecule has 0 bridgehead atoms. The van der Waals surface area contributed by atoms with Gasteiger partial charge in [-0.3, -0.25) is 4.79 Å². The van der Waals surface area contributed by atoms with Crippen LogP contribution in [-0.4, -0.2) is 17.9 Å². The van der Waals surface area contributed by atoms with Crippen molar-refractivity contribution in [3.05, 3.63) is 59.5 Å². The fraction of sp³-hybridized carbons (Fsp3) is 0.0625. The third-order valence-corrected chi connectivity index (χ3v) is 3.37. The Morgan fingerprint density at radius 1 is 1.19 bits per heavy atom. The predicted molar refractivity (Wildman–Crippen MR) is 79.1 cm³/mol. The summed E-state index contributed by atoms with van der Waals surface area (Å²) in [6.45, 7) is 0. The average Bonchev–Trinajstić information content (AvgIpc) is 2.89. The number of carbonyl (C=O) groups is 1. The van der Waals surface area contributed by atoms with Gasteiger partial charge in [0, 0.05) is 28.4 Å². The second-order valence-electron chi connectivity index (χ2n) is 4.68. The molecule has 0 spiro atoms. The number of ether oxygens (including phenoxy) is 1. The van der Waals surface area contributed by atoms with Crippen LogP contribution in [0.3, 0.4) is 0 Å². The third-order valence-electron chi connectivity index (χ3n) is 3.37. The number of benzene rings is 2. The number of hydrogen-bond acceptors (Lipinski definition) is 3. The van der Waals surface area contributed by atoms with Gasteiger partial charge < -0.3 is 15.5 Å². The number of aromatic nitrogens is 1. The molecule has 4 nitrogen and oxygen atoms in total. The van der Waals surface area contributed by atoms with Crippen molar-refractivity contribution in [1.82, 2.24) is 4.98 Å². The third kappa shape index (κ3) is 2.23. The maximum absolute atomic E-state index is 13.9. The second kappa shape index (κ2) is 4.94. The summed E-state index contributed by atoms with van der Waals surface area (Å²) in [7, 11) is 1.55. The van der Waals surface area contributed by atoms with E-state index < -0.39 is 11.6 Å². The van der Waals surface area contributed by atoms with Crippen molar-refractivity contribution < 1.29 is 13.9 Å². The molecule has 0 aliphatic rings. The highest BCUT2D eigenvalue weighted by molar-refractivity contribution is 6.16. The van der Waals surface area contributed by atoms with Gasteiger partial charge in [0.05, 0.1) is 12.7 Å². The van der Waals surface area contributed by atoms with Crippen LogP contribution in [0.2, 0.25) is 0 Å². The van der Waals surface area contributed by atoms with Crippen LogP contribution in [0.25, 0.3) is 10.9 Å². The van der Waals surface area contributed by atoms with Crippen molar-refractivity contribution in [3.63, 3.8) is 0 Å². The molecule has 3 N–H and O–H groups in total. The van der Waals surface area contributed by atoms with Gasteiger partial charge in [0.15, 0.2) is 5.78 Å². The number of halogens is 1. The Labute approximate surface area is 120 Å². The number of fused-ring (bicyclic) bond motifs is 1. The van der Waals surface area contributed by atoms with E-state index in [9.17, 15) is 9.18 Å².